The molecule has 0 radical (unpaired) electrons. The van der Waals surface area contributed by atoms with Gasteiger partial charge in [0.1, 0.15) is 0 Å². The Kier molecular flexibility index (Phi) is 4.20. The van der Waals surface area contributed by atoms with Gasteiger partial charge in [0, 0.05) is 5.56 Å². The Bertz CT molecular complexity index is 555. The third-order valence-electron chi connectivity index (χ3n) is 3.87. The Hall–Kier alpha value is -2.13. The zero-order valence-electron chi connectivity index (χ0n) is 11.6. The third-order valence-corrected chi connectivity index (χ3v) is 3.87. The van der Waals surface area contributed by atoms with Crippen LogP contribution in [0.5, 0.6) is 11.5 Å². The molecule has 20 heavy (non-hydrogen) atoms. The van der Waals surface area contributed by atoms with Crippen molar-refractivity contribution in [2.45, 2.75) is 31.2 Å². The number of aliphatic imine (C=N–C) groups is 1. The van der Waals surface area contributed by atoms with E-state index in [1.807, 2.05) is 0 Å². The second kappa shape index (κ2) is 5.88. The number of rotatable bonds is 5. The molecule has 0 aromatic heterocycles. The molecule has 1 saturated carbocycles. The van der Waals surface area contributed by atoms with Crippen molar-refractivity contribution in [2.24, 2.45) is 4.99 Å². The van der Waals surface area contributed by atoms with E-state index in [2.05, 4.69) is 4.99 Å². The molecule has 0 unspecified atom stereocenters. The van der Waals surface area contributed by atoms with Crippen molar-refractivity contribution in [3.63, 3.8) is 0 Å². The van der Waals surface area contributed by atoms with Crippen LogP contribution in [-0.4, -0.2) is 26.6 Å². The van der Waals surface area contributed by atoms with Crippen LogP contribution in [-0.2, 0) is 10.3 Å². The van der Waals surface area contributed by atoms with Crippen LogP contribution in [0.15, 0.2) is 17.1 Å². The highest BCUT2D eigenvalue weighted by Gasteiger charge is 2.38. The predicted octanol–water partition coefficient (Wildman–Crippen LogP) is 2.62. The van der Waals surface area contributed by atoms with Gasteiger partial charge in [0.25, 0.3) is 0 Å². The summed E-state index contributed by atoms with van der Waals surface area (Å²) in [6.45, 7) is 0. The lowest BCUT2D eigenvalue weighted by atomic mass is 9.85. The average Bonchev–Trinajstić information content (AvgIpc) is 2.95. The molecule has 0 amide bonds. The van der Waals surface area contributed by atoms with Gasteiger partial charge < -0.3 is 9.47 Å². The summed E-state index contributed by atoms with van der Waals surface area (Å²) >= 11 is 0. The van der Waals surface area contributed by atoms with Gasteiger partial charge in [-0.25, -0.2) is 4.79 Å². The zero-order chi connectivity index (χ0) is 14.6. The number of hydrogen-bond acceptors (Lipinski definition) is 5. The number of hydrogen-bond donors (Lipinski definition) is 0. The molecule has 0 saturated heterocycles. The molecule has 106 valence electrons. The summed E-state index contributed by atoms with van der Waals surface area (Å²) in [7, 11) is 3.05. The second-order valence-electron chi connectivity index (χ2n) is 4.85. The van der Waals surface area contributed by atoms with Crippen LogP contribution in [0.1, 0.15) is 41.6 Å². The molecule has 0 atom stereocenters. The van der Waals surface area contributed by atoms with Gasteiger partial charge in [-0.3, -0.25) is 4.79 Å². The molecule has 5 nitrogen and oxygen atoms in total. The lowest BCUT2D eigenvalue weighted by Crippen LogP contribution is -2.21. The summed E-state index contributed by atoms with van der Waals surface area (Å²) < 4.78 is 10.5. The SMILES string of the molecule is COc1cc(C=O)c(C2(N=C=O)CCCC2)cc1OC. The predicted molar refractivity (Wildman–Crippen MR) is 73.2 cm³/mol. The maximum Gasteiger partial charge on any atom is 0.235 e. The Labute approximate surface area is 117 Å². The lowest BCUT2D eigenvalue weighted by Gasteiger charge is -2.25. The van der Waals surface area contributed by atoms with Crippen LogP contribution in [0.25, 0.3) is 0 Å². The van der Waals surface area contributed by atoms with E-state index < -0.39 is 5.54 Å². The van der Waals surface area contributed by atoms with Crippen LogP contribution < -0.4 is 9.47 Å². The highest BCUT2D eigenvalue weighted by Crippen LogP contribution is 2.45. The summed E-state index contributed by atoms with van der Waals surface area (Å²) in [5, 5.41) is 0. The maximum absolute atomic E-state index is 11.4. The van der Waals surface area contributed by atoms with Crippen molar-refractivity contribution in [2.75, 3.05) is 14.2 Å². The Morgan fingerprint density at radius 1 is 1.20 bits per heavy atom. The van der Waals surface area contributed by atoms with Crippen LogP contribution in [0.4, 0.5) is 0 Å². The van der Waals surface area contributed by atoms with Crippen molar-refractivity contribution in [1.82, 2.24) is 0 Å². The Morgan fingerprint density at radius 2 is 1.80 bits per heavy atom. The molecule has 2 rings (SSSR count). The fraction of sp³-hybridized carbons (Fsp3) is 0.467. The molecule has 0 aliphatic heterocycles. The summed E-state index contributed by atoms with van der Waals surface area (Å²) in [5.41, 5.74) is 0.534. The largest absolute Gasteiger partial charge is 0.493 e. The molecule has 1 aromatic carbocycles. The first-order chi connectivity index (χ1) is 9.70. The number of isocyanates is 1. The first-order valence-corrected chi connectivity index (χ1v) is 6.51. The van der Waals surface area contributed by atoms with E-state index in [4.69, 9.17) is 9.47 Å². The normalized spacial score (nSPS) is 16.3. The van der Waals surface area contributed by atoms with Gasteiger partial charge in [0.15, 0.2) is 17.8 Å². The minimum atomic E-state index is -0.655. The minimum Gasteiger partial charge on any atom is -0.493 e. The fourth-order valence-electron chi connectivity index (χ4n) is 2.88. The molecule has 1 aliphatic rings. The van der Waals surface area contributed by atoms with E-state index in [1.165, 1.54) is 14.2 Å². The summed E-state index contributed by atoms with van der Waals surface area (Å²) in [5.74, 6) is 1.02. The molecule has 1 aliphatic carbocycles. The smallest absolute Gasteiger partial charge is 0.235 e. The van der Waals surface area contributed by atoms with Crippen molar-refractivity contribution in [1.29, 1.82) is 0 Å². The maximum atomic E-state index is 11.4. The van der Waals surface area contributed by atoms with Crippen molar-refractivity contribution in [3.8, 4) is 11.5 Å². The molecule has 1 fully saturated rings. The van der Waals surface area contributed by atoms with Gasteiger partial charge in [0.2, 0.25) is 6.08 Å². The van der Waals surface area contributed by atoms with Crippen LogP contribution in [0, 0.1) is 0 Å². The number of methoxy groups -OCH3 is 2. The molecule has 5 heteroatoms. The Morgan fingerprint density at radius 3 is 2.30 bits per heavy atom. The Balaban J connectivity index is 2.64. The quantitative estimate of drug-likeness (QED) is 0.470. The zero-order valence-corrected chi connectivity index (χ0v) is 11.6. The van der Waals surface area contributed by atoms with Gasteiger partial charge in [-0.2, -0.15) is 4.99 Å². The van der Waals surface area contributed by atoms with Gasteiger partial charge in [-0.15, -0.1) is 0 Å². The number of carbonyl (C=O) groups excluding carboxylic acids is 2. The van der Waals surface area contributed by atoms with Crippen LogP contribution >= 0.6 is 0 Å². The van der Waals surface area contributed by atoms with Gasteiger partial charge in [-0.05, 0) is 30.5 Å². The first-order valence-electron chi connectivity index (χ1n) is 6.51. The second-order valence-corrected chi connectivity index (χ2v) is 4.85. The highest BCUT2D eigenvalue weighted by atomic mass is 16.5. The standard InChI is InChI=1S/C15H17NO4/c1-19-13-7-11(9-17)12(8-14(13)20-2)15(16-10-18)5-3-4-6-15/h7-9H,3-6H2,1-2H3. The molecule has 0 N–H and O–H groups in total. The fourth-order valence-corrected chi connectivity index (χ4v) is 2.88. The van der Waals surface area contributed by atoms with Crippen LogP contribution in [0.2, 0.25) is 0 Å². The van der Waals surface area contributed by atoms with Crippen LogP contribution in [0.3, 0.4) is 0 Å². The minimum absolute atomic E-state index is 0.476. The molecular formula is C15H17NO4. The monoisotopic (exact) mass is 275 g/mol. The molecule has 0 spiro atoms. The average molecular weight is 275 g/mol. The van der Waals surface area contributed by atoms with Crippen molar-refractivity contribution < 1.29 is 19.1 Å². The first kappa shape index (κ1) is 14.3. The van der Waals surface area contributed by atoms with E-state index in [0.29, 0.717) is 22.6 Å². The number of nitrogens with zero attached hydrogens (tertiary/aromatic N) is 1. The molecular weight excluding hydrogens is 258 g/mol. The summed E-state index contributed by atoms with van der Waals surface area (Å²) in [6.07, 6.45) is 5.82. The number of carbonyl (C=O) groups is 1. The number of aldehydes is 1. The van der Waals surface area contributed by atoms with E-state index in [9.17, 15) is 9.59 Å². The van der Waals surface area contributed by atoms with E-state index >= 15 is 0 Å². The highest BCUT2D eigenvalue weighted by molar-refractivity contribution is 5.80. The summed E-state index contributed by atoms with van der Waals surface area (Å²) in [4.78, 5) is 26.1. The van der Waals surface area contributed by atoms with Crippen molar-refractivity contribution >= 4 is 12.4 Å². The lowest BCUT2D eigenvalue weighted by molar-refractivity contribution is 0.112. The molecule has 0 bridgehead atoms. The number of ether oxygens (including phenoxy) is 2. The van der Waals surface area contributed by atoms with E-state index in [1.54, 1.807) is 18.2 Å². The van der Waals surface area contributed by atoms with Gasteiger partial charge in [0.05, 0.1) is 19.8 Å². The van der Waals surface area contributed by atoms with Gasteiger partial charge in [-0.1, -0.05) is 12.8 Å². The van der Waals surface area contributed by atoms with E-state index in [0.717, 1.165) is 32.0 Å². The van der Waals surface area contributed by atoms with Crippen molar-refractivity contribution in [3.05, 3.63) is 23.3 Å². The molecule has 1 aromatic rings. The third kappa shape index (κ3) is 2.32. The summed E-state index contributed by atoms with van der Waals surface area (Å²) in [6, 6.07) is 3.37. The topological polar surface area (TPSA) is 65.0 Å². The van der Waals surface area contributed by atoms with Gasteiger partial charge >= 0.3 is 0 Å². The van der Waals surface area contributed by atoms with E-state index in [-0.39, 0.29) is 0 Å². The molecule has 0 heterocycles. The number of benzene rings is 1.